The van der Waals surface area contributed by atoms with E-state index in [1.807, 2.05) is 11.3 Å². The molecule has 1 aromatic heterocycles. The summed E-state index contributed by atoms with van der Waals surface area (Å²) in [5.41, 5.74) is 0. The van der Waals surface area contributed by atoms with E-state index in [0.29, 0.717) is 0 Å². The maximum atomic E-state index is 4.67. The zero-order valence-electron chi connectivity index (χ0n) is 11.8. The van der Waals surface area contributed by atoms with Gasteiger partial charge in [-0.2, -0.15) is 0 Å². The highest BCUT2D eigenvalue weighted by Crippen LogP contribution is 2.34. The van der Waals surface area contributed by atoms with E-state index in [1.165, 1.54) is 55.0 Å². The van der Waals surface area contributed by atoms with Gasteiger partial charge in [0.15, 0.2) is 0 Å². The lowest BCUT2D eigenvalue weighted by molar-refractivity contribution is 0.308. The van der Waals surface area contributed by atoms with Crippen molar-refractivity contribution in [3.63, 3.8) is 0 Å². The van der Waals surface area contributed by atoms with Crippen LogP contribution in [-0.4, -0.2) is 29.5 Å². The molecular formula is C15H26N2S. The first-order valence-electron chi connectivity index (χ1n) is 7.50. The zero-order valence-corrected chi connectivity index (χ0v) is 12.6. The first kappa shape index (κ1) is 14.0. The van der Waals surface area contributed by atoms with Crippen LogP contribution >= 0.6 is 11.3 Å². The minimum atomic E-state index is 0.769. The summed E-state index contributed by atoms with van der Waals surface area (Å²) in [6.45, 7) is 7.97. The topological polar surface area (TPSA) is 16.1 Å². The van der Waals surface area contributed by atoms with Crippen LogP contribution in [0.5, 0.6) is 0 Å². The molecule has 0 radical (unpaired) electrons. The van der Waals surface area contributed by atoms with Crippen molar-refractivity contribution in [2.45, 2.75) is 58.3 Å². The number of thiazole rings is 1. The van der Waals surface area contributed by atoms with E-state index in [4.69, 9.17) is 0 Å². The standard InChI is InChI=1S/C15H26N2S/c1-3-17(4-2)11-10-14-12-16-15(18-14)13-8-6-5-7-9-13/h12-13H,3-11H2,1-2H3. The smallest absolute Gasteiger partial charge is 0.0958 e. The number of rotatable bonds is 6. The fourth-order valence-electron chi connectivity index (χ4n) is 2.78. The minimum absolute atomic E-state index is 0.769. The number of likely N-dealkylation sites (N-methyl/N-ethyl adjacent to an activating group) is 1. The molecule has 0 aliphatic heterocycles. The highest BCUT2D eigenvalue weighted by Gasteiger charge is 2.18. The Kier molecular flexibility index (Phi) is 5.64. The number of aromatic nitrogens is 1. The molecule has 2 nitrogen and oxygen atoms in total. The van der Waals surface area contributed by atoms with Crippen LogP contribution in [0.2, 0.25) is 0 Å². The summed E-state index contributed by atoms with van der Waals surface area (Å²) in [5.74, 6) is 0.769. The van der Waals surface area contributed by atoms with Gasteiger partial charge in [-0.3, -0.25) is 0 Å². The first-order chi connectivity index (χ1) is 8.83. The molecule has 0 spiro atoms. The third-order valence-electron chi connectivity index (χ3n) is 4.09. The molecule has 3 heteroatoms. The largest absolute Gasteiger partial charge is 0.304 e. The highest BCUT2D eigenvalue weighted by molar-refractivity contribution is 7.11. The highest BCUT2D eigenvalue weighted by atomic mass is 32.1. The van der Waals surface area contributed by atoms with Gasteiger partial charge in [-0.1, -0.05) is 33.1 Å². The molecule has 0 aromatic carbocycles. The summed E-state index contributed by atoms with van der Waals surface area (Å²) in [6.07, 6.45) is 10.3. The van der Waals surface area contributed by atoms with Crippen LogP contribution in [0.15, 0.2) is 6.20 Å². The molecule has 0 atom stereocenters. The Morgan fingerprint density at radius 3 is 2.61 bits per heavy atom. The lowest BCUT2D eigenvalue weighted by Crippen LogP contribution is -2.25. The van der Waals surface area contributed by atoms with E-state index >= 15 is 0 Å². The predicted octanol–water partition coefficient (Wildman–Crippen LogP) is 4.08. The zero-order chi connectivity index (χ0) is 12.8. The van der Waals surface area contributed by atoms with Crippen molar-refractivity contribution >= 4 is 11.3 Å². The quantitative estimate of drug-likeness (QED) is 0.771. The molecule has 1 aromatic rings. The minimum Gasteiger partial charge on any atom is -0.304 e. The summed E-state index contributed by atoms with van der Waals surface area (Å²) in [4.78, 5) is 8.63. The van der Waals surface area contributed by atoms with Gasteiger partial charge in [-0.05, 0) is 32.4 Å². The SMILES string of the molecule is CCN(CC)CCc1cnc(C2CCCCC2)s1. The van der Waals surface area contributed by atoms with Crippen molar-refractivity contribution in [2.24, 2.45) is 0 Å². The lowest BCUT2D eigenvalue weighted by Gasteiger charge is -2.19. The van der Waals surface area contributed by atoms with Gasteiger partial charge in [0.1, 0.15) is 0 Å². The normalized spacial score (nSPS) is 17.5. The molecule has 1 saturated carbocycles. The fourth-order valence-corrected chi connectivity index (χ4v) is 3.86. The van der Waals surface area contributed by atoms with Crippen molar-refractivity contribution in [1.82, 2.24) is 9.88 Å². The Morgan fingerprint density at radius 2 is 1.94 bits per heavy atom. The number of hydrogen-bond acceptors (Lipinski definition) is 3. The molecule has 1 aliphatic carbocycles. The summed E-state index contributed by atoms with van der Waals surface area (Å²) in [6, 6.07) is 0. The maximum absolute atomic E-state index is 4.67. The third-order valence-corrected chi connectivity index (χ3v) is 5.31. The van der Waals surface area contributed by atoms with Gasteiger partial charge in [-0.15, -0.1) is 11.3 Å². The van der Waals surface area contributed by atoms with Gasteiger partial charge in [-0.25, -0.2) is 4.98 Å². The van der Waals surface area contributed by atoms with Gasteiger partial charge in [0, 0.05) is 23.5 Å². The molecule has 1 heterocycles. The molecule has 102 valence electrons. The average molecular weight is 266 g/mol. The Bertz CT molecular complexity index is 338. The van der Waals surface area contributed by atoms with Crippen LogP contribution in [0.3, 0.4) is 0 Å². The van der Waals surface area contributed by atoms with Crippen LogP contribution in [0, 0.1) is 0 Å². The molecule has 1 aliphatic rings. The number of hydrogen-bond donors (Lipinski definition) is 0. The summed E-state index contributed by atoms with van der Waals surface area (Å²) >= 11 is 1.96. The van der Waals surface area contributed by atoms with Crippen molar-refractivity contribution in [3.8, 4) is 0 Å². The lowest BCUT2D eigenvalue weighted by atomic mass is 9.90. The third kappa shape index (κ3) is 3.79. The molecule has 0 amide bonds. The Morgan fingerprint density at radius 1 is 1.22 bits per heavy atom. The van der Waals surface area contributed by atoms with E-state index in [1.54, 1.807) is 0 Å². The molecular weight excluding hydrogens is 240 g/mol. The van der Waals surface area contributed by atoms with Gasteiger partial charge >= 0.3 is 0 Å². The maximum Gasteiger partial charge on any atom is 0.0958 e. The van der Waals surface area contributed by atoms with Gasteiger partial charge in [0.2, 0.25) is 0 Å². The van der Waals surface area contributed by atoms with E-state index in [2.05, 4.69) is 29.9 Å². The van der Waals surface area contributed by atoms with Gasteiger partial charge in [0.25, 0.3) is 0 Å². The summed E-state index contributed by atoms with van der Waals surface area (Å²) in [5, 5.41) is 1.41. The molecule has 18 heavy (non-hydrogen) atoms. The van der Waals surface area contributed by atoms with Crippen LogP contribution < -0.4 is 0 Å². The Hall–Kier alpha value is -0.410. The van der Waals surface area contributed by atoms with Crippen molar-refractivity contribution in [3.05, 3.63) is 16.1 Å². The summed E-state index contributed by atoms with van der Waals surface area (Å²) in [7, 11) is 0. The van der Waals surface area contributed by atoms with Crippen molar-refractivity contribution < 1.29 is 0 Å². The molecule has 0 N–H and O–H groups in total. The Labute approximate surface area is 115 Å². The molecule has 2 rings (SSSR count). The molecule has 0 unspecified atom stereocenters. The van der Waals surface area contributed by atoms with Crippen LogP contribution in [0.25, 0.3) is 0 Å². The second-order valence-corrected chi connectivity index (χ2v) is 6.42. The monoisotopic (exact) mass is 266 g/mol. The van der Waals surface area contributed by atoms with E-state index < -0.39 is 0 Å². The van der Waals surface area contributed by atoms with Crippen LogP contribution in [-0.2, 0) is 6.42 Å². The molecule has 0 saturated heterocycles. The molecule has 0 bridgehead atoms. The van der Waals surface area contributed by atoms with Gasteiger partial charge < -0.3 is 4.90 Å². The Balaban J connectivity index is 1.85. The van der Waals surface area contributed by atoms with E-state index in [9.17, 15) is 0 Å². The molecule has 1 fully saturated rings. The predicted molar refractivity (Wildman–Crippen MR) is 79.4 cm³/mol. The number of nitrogens with zero attached hydrogens (tertiary/aromatic N) is 2. The first-order valence-corrected chi connectivity index (χ1v) is 8.32. The van der Waals surface area contributed by atoms with Crippen LogP contribution in [0.4, 0.5) is 0 Å². The van der Waals surface area contributed by atoms with Crippen molar-refractivity contribution in [1.29, 1.82) is 0 Å². The van der Waals surface area contributed by atoms with Gasteiger partial charge in [0.05, 0.1) is 5.01 Å². The summed E-state index contributed by atoms with van der Waals surface area (Å²) < 4.78 is 0. The van der Waals surface area contributed by atoms with E-state index in [-0.39, 0.29) is 0 Å². The second-order valence-electron chi connectivity index (χ2n) is 5.28. The van der Waals surface area contributed by atoms with E-state index in [0.717, 1.165) is 19.0 Å². The van der Waals surface area contributed by atoms with Crippen molar-refractivity contribution in [2.75, 3.05) is 19.6 Å². The van der Waals surface area contributed by atoms with Crippen LogP contribution in [0.1, 0.15) is 61.8 Å². The second kappa shape index (κ2) is 7.25. The average Bonchev–Trinajstić information content (AvgIpc) is 2.90. The fraction of sp³-hybridized carbons (Fsp3) is 0.800.